The molecule has 0 spiro atoms. The summed E-state index contributed by atoms with van der Waals surface area (Å²) in [4.78, 5) is 0. The minimum absolute atomic E-state index is 0.528. The Morgan fingerprint density at radius 1 is 0.892 bits per heavy atom. The third kappa shape index (κ3) is 6.80. The predicted molar refractivity (Wildman–Crippen MR) is 166 cm³/mol. The molecule has 0 radical (unpaired) electrons. The van der Waals surface area contributed by atoms with Crippen LogP contribution in [-0.4, -0.2) is 0 Å². The van der Waals surface area contributed by atoms with Crippen LogP contribution < -0.4 is 0 Å². The SMILES string of the molecule is C/C=C\C(C)CCCC1CCC2(C)C(=CCC3C2CCC2(C)C(C(C)CCCC(C)C)CCC32)C1.CC. The van der Waals surface area contributed by atoms with Crippen molar-refractivity contribution in [1.82, 2.24) is 0 Å². The van der Waals surface area contributed by atoms with Gasteiger partial charge in [0.1, 0.15) is 0 Å². The van der Waals surface area contributed by atoms with E-state index in [4.69, 9.17) is 0 Å². The van der Waals surface area contributed by atoms with E-state index in [2.05, 4.69) is 66.7 Å². The van der Waals surface area contributed by atoms with Gasteiger partial charge in [-0.3, -0.25) is 0 Å². The number of fused-ring (bicyclic) bond motifs is 5. The van der Waals surface area contributed by atoms with Crippen LogP contribution in [0.5, 0.6) is 0 Å². The smallest absolute Gasteiger partial charge is 0.00851 e. The van der Waals surface area contributed by atoms with E-state index in [0.717, 1.165) is 47.3 Å². The van der Waals surface area contributed by atoms with E-state index in [9.17, 15) is 0 Å². The van der Waals surface area contributed by atoms with Crippen LogP contribution >= 0.6 is 0 Å². The van der Waals surface area contributed by atoms with Gasteiger partial charge >= 0.3 is 0 Å². The molecule has 214 valence electrons. The van der Waals surface area contributed by atoms with Gasteiger partial charge in [0.2, 0.25) is 0 Å². The van der Waals surface area contributed by atoms with E-state index in [0.29, 0.717) is 10.8 Å². The van der Waals surface area contributed by atoms with E-state index in [1.807, 2.05) is 19.4 Å². The summed E-state index contributed by atoms with van der Waals surface area (Å²) in [6.45, 7) is 21.4. The molecule has 0 aromatic heterocycles. The Morgan fingerprint density at radius 3 is 2.35 bits per heavy atom. The predicted octanol–water partition coefficient (Wildman–Crippen LogP) is 12.1. The molecule has 0 aromatic carbocycles. The first-order valence-corrected chi connectivity index (χ1v) is 17.0. The summed E-state index contributed by atoms with van der Waals surface area (Å²) in [6, 6.07) is 0. The van der Waals surface area contributed by atoms with Gasteiger partial charge in [0, 0.05) is 0 Å². The molecule has 9 atom stereocenters. The normalized spacial score (nSPS) is 38.8. The Morgan fingerprint density at radius 2 is 1.65 bits per heavy atom. The second kappa shape index (κ2) is 13.7. The first kappa shape index (κ1) is 31.0. The molecule has 0 bridgehead atoms. The molecule has 3 saturated carbocycles. The van der Waals surface area contributed by atoms with Gasteiger partial charge in [-0.1, -0.05) is 111 Å². The molecule has 0 heteroatoms. The van der Waals surface area contributed by atoms with E-state index < -0.39 is 0 Å². The van der Waals surface area contributed by atoms with Gasteiger partial charge in [0.25, 0.3) is 0 Å². The molecule has 0 heterocycles. The zero-order valence-electron chi connectivity index (χ0n) is 26.8. The van der Waals surface area contributed by atoms with E-state index in [-0.39, 0.29) is 0 Å². The summed E-state index contributed by atoms with van der Waals surface area (Å²) in [5.41, 5.74) is 3.05. The first-order chi connectivity index (χ1) is 17.7. The molecule has 4 aliphatic carbocycles. The van der Waals surface area contributed by atoms with Crippen molar-refractivity contribution in [3.05, 3.63) is 23.8 Å². The molecular formula is C37H66. The Kier molecular flexibility index (Phi) is 11.5. The average Bonchev–Trinajstić information content (AvgIpc) is 3.22. The van der Waals surface area contributed by atoms with Gasteiger partial charge < -0.3 is 0 Å². The minimum Gasteiger partial charge on any atom is -0.0914 e. The summed E-state index contributed by atoms with van der Waals surface area (Å²) in [5.74, 6) is 7.45. The lowest BCUT2D eigenvalue weighted by atomic mass is 9.46. The van der Waals surface area contributed by atoms with Crippen LogP contribution in [0.25, 0.3) is 0 Å². The summed E-state index contributed by atoms with van der Waals surface area (Å²) >= 11 is 0. The molecule has 4 rings (SSSR count). The van der Waals surface area contributed by atoms with Crippen molar-refractivity contribution in [3.63, 3.8) is 0 Å². The zero-order chi connectivity index (χ0) is 27.2. The summed E-state index contributed by atoms with van der Waals surface area (Å²) in [5, 5.41) is 0. The van der Waals surface area contributed by atoms with Crippen molar-refractivity contribution in [1.29, 1.82) is 0 Å². The lowest BCUT2D eigenvalue weighted by Crippen LogP contribution is -2.50. The molecule has 0 aromatic rings. The van der Waals surface area contributed by atoms with Gasteiger partial charge in [0.15, 0.2) is 0 Å². The third-order valence-electron chi connectivity index (χ3n) is 12.2. The van der Waals surface area contributed by atoms with Crippen molar-refractivity contribution >= 4 is 0 Å². The van der Waals surface area contributed by atoms with Crippen LogP contribution in [0.3, 0.4) is 0 Å². The van der Waals surface area contributed by atoms with Gasteiger partial charge in [0.05, 0.1) is 0 Å². The molecule has 0 N–H and O–H groups in total. The van der Waals surface area contributed by atoms with Gasteiger partial charge in [-0.05, 0) is 123 Å². The van der Waals surface area contributed by atoms with Crippen LogP contribution in [0.1, 0.15) is 152 Å². The van der Waals surface area contributed by atoms with Crippen LogP contribution in [0.15, 0.2) is 23.8 Å². The third-order valence-corrected chi connectivity index (χ3v) is 12.2. The van der Waals surface area contributed by atoms with Crippen molar-refractivity contribution in [2.45, 2.75) is 152 Å². The van der Waals surface area contributed by atoms with Crippen molar-refractivity contribution < 1.29 is 0 Å². The molecule has 4 aliphatic rings. The molecule has 9 unspecified atom stereocenters. The molecule has 0 aliphatic heterocycles. The Bertz CT molecular complexity index is 741. The maximum absolute atomic E-state index is 2.81. The van der Waals surface area contributed by atoms with Crippen molar-refractivity contribution in [2.24, 2.45) is 58.2 Å². The fourth-order valence-electron chi connectivity index (χ4n) is 10.2. The molecule has 0 saturated heterocycles. The van der Waals surface area contributed by atoms with E-state index in [1.54, 1.807) is 0 Å². The van der Waals surface area contributed by atoms with Crippen LogP contribution in [0, 0.1) is 58.2 Å². The Balaban J connectivity index is 0.00000186. The maximum atomic E-state index is 2.81. The summed E-state index contributed by atoms with van der Waals surface area (Å²) in [6.07, 6.45) is 27.9. The number of hydrogen-bond acceptors (Lipinski definition) is 0. The summed E-state index contributed by atoms with van der Waals surface area (Å²) in [7, 11) is 0. The highest BCUT2D eigenvalue weighted by Crippen LogP contribution is 2.67. The highest BCUT2D eigenvalue weighted by Gasteiger charge is 2.59. The largest absolute Gasteiger partial charge is 0.0914 e. The van der Waals surface area contributed by atoms with Crippen molar-refractivity contribution in [2.75, 3.05) is 0 Å². The molecule has 37 heavy (non-hydrogen) atoms. The molecule has 0 nitrogen and oxygen atoms in total. The van der Waals surface area contributed by atoms with Crippen molar-refractivity contribution in [3.8, 4) is 0 Å². The number of rotatable bonds is 10. The standard InChI is InChI=1S/C35H60.C2H6/c1-8-11-26(4)13-10-15-28-20-22-34(6)29(24-28)16-17-30-32-19-18-31(27(5)14-9-12-25(2)3)35(32,7)23-21-33(30)34;1-2/h8,11,16,25-28,30-33H,9-10,12-15,17-24H2,1-7H3;1-2H3/b11-8-;. The van der Waals surface area contributed by atoms with Gasteiger partial charge in [-0.2, -0.15) is 0 Å². The maximum Gasteiger partial charge on any atom is -0.00851 e. The van der Waals surface area contributed by atoms with Gasteiger partial charge in [-0.25, -0.2) is 0 Å². The number of hydrogen-bond donors (Lipinski definition) is 0. The zero-order valence-corrected chi connectivity index (χ0v) is 26.8. The first-order valence-electron chi connectivity index (χ1n) is 17.0. The fraction of sp³-hybridized carbons (Fsp3) is 0.892. The Labute approximate surface area is 233 Å². The highest BCUT2D eigenvalue weighted by molar-refractivity contribution is 5.25. The molecular weight excluding hydrogens is 444 g/mol. The second-order valence-electron chi connectivity index (χ2n) is 14.8. The monoisotopic (exact) mass is 511 g/mol. The second-order valence-corrected chi connectivity index (χ2v) is 14.8. The molecule has 0 amide bonds. The van der Waals surface area contributed by atoms with Crippen LogP contribution in [-0.2, 0) is 0 Å². The van der Waals surface area contributed by atoms with Crippen LogP contribution in [0.2, 0.25) is 0 Å². The van der Waals surface area contributed by atoms with E-state index in [1.165, 1.54) is 89.9 Å². The quantitative estimate of drug-likeness (QED) is 0.256. The minimum atomic E-state index is 0.528. The average molecular weight is 511 g/mol. The van der Waals surface area contributed by atoms with Gasteiger partial charge in [-0.15, -0.1) is 0 Å². The highest BCUT2D eigenvalue weighted by atomic mass is 14.6. The fourth-order valence-corrected chi connectivity index (χ4v) is 10.2. The topological polar surface area (TPSA) is 0 Å². The lowest BCUT2D eigenvalue weighted by molar-refractivity contribution is -0.0529. The summed E-state index contributed by atoms with van der Waals surface area (Å²) < 4.78 is 0. The van der Waals surface area contributed by atoms with E-state index >= 15 is 0 Å². The number of allylic oxidation sites excluding steroid dienone is 4. The van der Waals surface area contributed by atoms with Crippen LogP contribution in [0.4, 0.5) is 0 Å². The lowest BCUT2D eigenvalue weighted by Gasteiger charge is -2.58. The molecule has 3 fully saturated rings. The Hall–Kier alpha value is -0.520.